The molecule has 0 aliphatic carbocycles. The molecule has 4 aromatic carbocycles. The Morgan fingerprint density at radius 1 is 0.841 bits per heavy atom. The van der Waals surface area contributed by atoms with Gasteiger partial charge in [-0.1, -0.05) is 29.8 Å². The monoisotopic (exact) mass is 667 g/mol. The Bertz CT molecular complexity index is 1850. The molecule has 0 bridgehead atoms. The van der Waals surface area contributed by atoms with Crippen LogP contribution in [0.3, 0.4) is 0 Å². The lowest BCUT2D eigenvalue weighted by Crippen LogP contribution is -2.38. The van der Waals surface area contributed by atoms with Crippen LogP contribution >= 0.6 is 11.6 Å². The summed E-state index contributed by atoms with van der Waals surface area (Å²) in [6.45, 7) is 1.28. The number of nitrogens with zero attached hydrogens (tertiary/aromatic N) is 1. The molecule has 1 amide bonds. The lowest BCUT2D eigenvalue weighted by Gasteiger charge is -2.26. The number of anilines is 3. The van der Waals surface area contributed by atoms with E-state index in [1.165, 1.54) is 48.5 Å². The molecule has 0 unspecified atom stereocenters. The maximum atomic E-state index is 13.7. The molecular weight excluding hydrogens is 643 g/mol. The topological polar surface area (TPSA) is 122 Å². The highest BCUT2D eigenvalue weighted by Gasteiger charge is 2.31. The maximum absolute atomic E-state index is 13.7. The van der Waals surface area contributed by atoms with Crippen molar-refractivity contribution in [1.29, 1.82) is 0 Å². The molecule has 2 N–H and O–H groups in total. The summed E-state index contributed by atoms with van der Waals surface area (Å²) in [7, 11) is -8.57. The van der Waals surface area contributed by atoms with Crippen LogP contribution in [0.4, 0.5) is 30.2 Å². The number of sulfonamides is 2. The molecular formula is C29H25ClF3N3O6S2. The molecule has 0 heterocycles. The largest absolute Gasteiger partial charge is 0.492 e. The standard InChI is InChI=1S/C29H25ClF3N3O6S2/c1-2-42-27-9-4-3-8-26(27)36(44(40,41)25-14-10-21(30)11-15-25)19-28(37)34-22-12-16-24(17-13-22)43(38,39)35-23-7-5-6-20(18-23)29(31,32)33/h3-18,35H,2,19H2,1H3,(H,34,37). The highest BCUT2D eigenvalue weighted by atomic mass is 35.5. The smallest absolute Gasteiger partial charge is 0.416 e. The number of carbonyl (C=O) groups excluding carboxylic acids is 1. The van der Waals surface area contributed by atoms with Gasteiger partial charge in [-0.25, -0.2) is 16.8 Å². The molecule has 9 nitrogen and oxygen atoms in total. The third-order valence-corrected chi connectivity index (χ3v) is 9.44. The predicted molar refractivity (Wildman–Crippen MR) is 161 cm³/mol. The molecule has 0 saturated heterocycles. The number of rotatable bonds is 11. The molecule has 232 valence electrons. The number of carbonyl (C=O) groups is 1. The van der Waals surface area contributed by atoms with E-state index >= 15 is 0 Å². The molecule has 15 heteroatoms. The molecule has 0 aliphatic heterocycles. The SMILES string of the molecule is CCOc1ccccc1N(CC(=O)Nc1ccc(S(=O)(=O)Nc2cccc(C(F)(F)F)c2)cc1)S(=O)(=O)c1ccc(Cl)cc1. The lowest BCUT2D eigenvalue weighted by atomic mass is 10.2. The van der Waals surface area contributed by atoms with Gasteiger partial charge in [-0.2, -0.15) is 13.2 Å². The summed E-state index contributed by atoms with van der Waals surface area (Å²) in [5.74, 6) is -0.533. The van der Waals surface area contributed by atoms with Crippen LogP contribution in [0.2, 0.25) is 5.02 Å². The Morgan fingerprint density at radius 3 is 2.11 bits per heavy atom. The van der Waals surface area contributed by atoms with Gasteiger partial charge in [0.15, 0.2) is 0 Å². The summed E-state index contributed by atoms with van der Waals surface area (Å²) in [6, 6.07) is 20.2. The van der Waals surface area contributed by atoms with E-state index in [4.69, 9.17) is 16.3 Å². The Morgan fingerprint density at radius 2 is 1.48 bits per heavy atom. The van der Waals surface area contributed by atoms with E-state index in [0.717, 1.165) is 28.6 Å². The molecule has 0 saturated carbocycles. The minimum absolute atomic E-state index is 0.113. The van der Waals surface area contributed by atoms with Gasteiger partial charge in [0, 0.05) is 16.4 Å². The Hall–Kier alpha value is -4.27. The van der Waals surface area contributed by atoms with E-state index in [1.54, 1.807) is 25.1 Å². The first-order chi connectivity index (χ1) is 20.7. The Labute approximate surface area is 257 Å². The minimum atomic E-state index is -4.66. The van der Waals surface area contributed by atoms with Crippen molar-refractivity contribution >= 4 is 54.6 Å². The number of benzene rings is 4. The number of alkyl halides is 3. The van der Waals surface area contributed by atoms with Crippen LogP contribution < -0.4 is 19.1 Å². The number of ether oxygens (including phenoxy) is 1. The highest BCUT2D eigenvalue weighted by molar-refractivity contribution is 7.93. The molecule has 0 aliphatic rings. The van der Waals surface area contributed by atoms with Crippen molar-refractivity contribution in [2.75, 3.05) is 27.5 Å². The number of halogens is 4. The van der Waals surface area contributed by atoms with Crippen LogP contribution in [0.1, 0.15) is 12.5 Å². The van der Waals surface area contributed by atoms with E-state index in [1.807, 2.05) is 0 Å². The normalized spacial score (nSPS) is 11.9. The fourth-order valence-electron chi connectivity index (χ4n) is 4.00. The van der Waals surface area contributed by atoms with E-state index in [-0.39, 0.29) is 39.2 Å². The van der Waals surface area contributed by atoms with Gasteiger partial charge in [0.1, 0.15) is 12.3 Å². The summed E-state index contributed by atoms with van der Waals surface area (Å²) >= 11 is 5.93. The summed E-state index contributed by atoms with van der Waals surface area (Å²) in [6.07, 6.45) is -4.66. The second kappa shape index (κ2) is 13.2. The van der Waals surface area contributed by atoms with Gasteiger partial charge >= 0.3 is 6.18 Å². The van der Waals surface area contributed by atoms with E-state index in [0.29, 0.717) is 11.1 Å². The first kappa shape index (κ1) is 32.6. The highest BCUT2D eigenvalue weighted by Crippen LogP contribution is 2.33. The molecule has 0 spiro atoms. The van der Waals surface area contributed by atoms with Crippen molar-refractivity contribution in [3.63, 3.8) is 0 Å². The first-order valence-electron chi connectivity index (χ1n) is 12.8. The van der Waals surface area contributed by atoms with Gasteiger partial charge in [0.2, 0.25) is 5.91 Å². The summed E-state index contributed by atoms with van der Waals surface area (Å²) < 4.78 is 101. The van der Waals surface area contributed by atoms with Crippen molar-refractivity contribution in [3.8, 4) is 5.75 Å². The van der Waals surface area contributed by atoms with Crippen molar-refractivity contribution in [2.45, 2.75) is 22.9 Å². The Balaban J connectivity index is 1.55. The lowest BCUT2D eigenvalue weighted by molar-refractivity contribution is -0.137. The van der Waals surface area contributed by atoms with Gasteiger partial charge in [-0.05, 0) is 85.8 Å². The van der Waals surface area contributed by atoms with Crippen molar-refractivity contribution in [2.24, 2.45) is 0 Å². The van der Waals surface area contributed by atoms with Crippen LogP contribution in [0.5, 0.6) is 5.75 Å². The third-order valence-electron chi connectivity index (χ3n) is 6.01. The number of hydrogen-bond donors (Lipinski definition) is 2. The summed E-state index contributed by atoms with van der Waals surface area (Å²) in [4.78, 5) is 12.7. The van der Waals surface area contributed by atoms with E-state index in [2.05, 4.69) is 10.0 Å². The van der Waals surface area contributed by atoms with Gasteiger partial charge in [-0.3, -0.25) is 13.8 Å². The van der Waals surface area contributed by atoms with Crippen molar-refractivity contribution in [1.82, 2.24) is 0 Å². The van der Waals surface area contributed by atoms with E-state index < -0.39 is 44.2 Å². The number of hydrogen-bond acceptors (Lipinski definition) is 6. The molecule has 4 aromatic rings. The molecule has 0 atom stereocenters. The van der Waals surface area contributed by atoms with Crippen molar-refractivity contribution in [3.05, 3.63) is 108 Å². The molecule has 4 rings (SSSR count). The zero-order valence-electron chi connectivity index (χ0n) is 22.9. The second-order valence-electron chi connectivity index (χ2n) is 9.12. The van der Waals surface area contributed by atoms with Gasteiger partial charge in [-0.15, -0.1) is 0 Å². The quantitative estimate of drug-likeness (QED) is 0.191. The minimum Gasteiger partial charge on any atom is -0.492 e. The second-order valence-corrected chi connectivity index (χ2v) is 13.1. The van der Waals surface area contributed by atoms with Gasteiger partial charge in [0.05, 0.1) is 27.6 Å². The first-order valence-corrected chi connectivity index (χ1v) is 16.1. The maximum Gasteiger partial charge on any atom is 0.416 e. The predicted octanol–water partition coefficient (Wildman–Crippen LogP) is 6.39. The number of amides is 1. The summed E-state index contributed by atoms with van der Waals surface area (Å²) in [5, 5.41) is 2.85. The molecule has 0 fully saturated rings. The van der Waals surface area contributed by atoms with E-state index in [9.17, 15) is 34.8 Å². The fraction of sp³-hybridized carbons (Fsp3) is 0.138. The van der Waals surface area contributed by atoms with Crippen molar-refractivity contribution < 1.29 is 39.5 Å². The van der Waals surface area contributed by atoms with Crippen LogP contribution in [0.15, 0.2) is 107 Å². The van der Waals surface area contributed by atoms with Crippen LogP contribution in [0.25, 0.3) is 0 Å². The fourth-order valence-corrected chi connectivity index (χ4v) is 6.60. The summed E-state index contributed by atoms with van der Waals surface area (Å²) in [5.41, 5.74) is -1.06. The zero-order valence-corrected chi connectivity index (χ0v) is 25.3. The molecule has 44 heavy (non-hydrogen) atoms. The van der Waals surface area contributed by atoms with Crippen LogP contribution in [-0.2, 0) is 31.0 Å². The molecule has 0 radical (unpaired) electrons. The molecule has 0 aromatic heterocycles. The third kappa shape index (κ3) is 7.81. The number of nitrogens with one attached hydrogen (secondary N) is 2. The average Bonchev–Trinajstić information content (AvgIpc) is 2.96. The number of para-hydroxylation sites is 2. The average molecular weight is 668 g/mol. The van der Waals surface area contributed by atoms with Gasteiger partial charge in [0.25, 0.3) is 20.0 Å². The zero-order chi connectivity index (χ0) is 32.1. The van der Waals surface area contributed by atoms with Crippen LogP contribution in [-0.4, -0.2) is 35.9 Å². The Kier molecular flexibility index (Phi) is 9.76. The van der Waals surface area contributed by atoms with Gasteiger partial charge < -0.3 is 10.1 Å². The van der Waals surface area contributed by atoms with Crippen LogP contribution in [0, 0.1) is 0 Å².